The molecule has 0 aliphatic carbocycles. The average Bonchev–Trinajstić information content (AvgIpc) is 2.73. The van der Waals surface area contributed by atoms with Crippen molar-refractivity contribution >= 4 is 10.0 Å². The van der Waals surface area contributed by atoms with Gasteiger partial charge in [0.1, 0.15) is 17.8 Å². The van der Waals surface area contributed by atoms with Gasteiger partial charge in [0.25, 0.3) is 0 Å². The van der Waals surface area contributed by atoms with E-state index < -0.39 is 38.6 Å². The molecule has 1 aromatic rings. The molecule has 1 aromatic carbocycles. The van der Waals surface area contributed by atoms with Gasteiger partial charge in [-0.3, -0.25) is 0 Å². The predicted molar refractivity (Wildman–Crippen MR) is 74.0 cm³/mol. The molecule has 1 aliphatic rings. The maximum absolute atomic E-state index is 13.9. The molecule has 118 valence electrons. The molecule has 2 rings (SSSR count). The van der Waals surface area contributed by atoms with E-state index in [0.29, 0.717) is 0 Å². The smallest absolute Gasteiger partial charge is 0.219 e. The van der Waals surface area contributed by atoms with E-state index in [1.807, 2.05) is 0 Å². The summed E-state index contributed by atoms with van der Waals surface area (Å²) in [6, 6.07) is 1.80. The first-order valence-electron chi connectivity index (χ1n) is 6.64. The molecule has 2 atom stereocenters. The van der Waals surface area contributed by atoms with Crippen LogP contribution in [0.15, 0.2) is 18.2 Å². The van der Waals surface area contributed by atoms with Crippen molar-refractivity contribution in [2.45, 2.75) is 44.2 Å². The minimum Gasteiger partial charge on any atom is -0.246 e. The van der Waals surface area contributed by atoms with Crippen molar-refractivity contribution in [2.24, 2.45) is 0 Å². The molecule has 0 aromatic heterocycles. The molecule has 0 saturated carbocycles. The number of nitrogens with zero attached hydrogens (tertiary/aromatic N) is 1. The molecule has 0 radical (unpaired) electrons. The Labute approximate surface area is 122 Å². The second-order valence-electron chi connectivity index (χ2n) is 6.20. The molecule has 21 heavy (non-hydrogen) atoms. The van der Waals surface area contributed by atoms with Crippen LogP contribution in [0.4, 0.5) is 13.2 Å². The number of hydrogen-bond donors (Lipinski definition) is 0. The highest BCUT2D eigenvalue weighted by molar-refractivity contribution is 7.90. The minimum atomic E-state index is -3.83. The standard InChI is InChI=1S/C14H18F3NO2S/c1-14(2,3)21(19,20)18-8-10(16)7-13(18)11-6-9(15)4-5-12(11)17/h4-6,10,13H,7-8H2,1-3H3/t10-,13+/m0/s1. The van der Waals surface area contributed by atoms with Crippen LogP contribution in [0.2, 0.25) is 0 Å². The van der Waals surface area contributed by atoms with Crippen molar-refractivity contribution < 1.29 is 21.6 Å². The van der Waals surface area contributed by atoms with Crippen molar-refractivity contribution in [3.8, 4) is 0 Å². The number of rotatable bonds is 2. The fourth-order valence-electron chi connectivity index (χ4n) is 2.43. The zero-order valence-corrected chi connectivity index (χ0v) is 12.9. The molecule has 1 aliphatic heterocycles. The molecule has 0 N–H and O–H groups in total. The van der Waals surface area contributed by atoms with Crippen molar-refractivity contribution in [1.82, 2.24) is 4.31 Å². The summed E-state index contributed by atoms with van der Waals surface area (Å²) in [5, 5.41) is 0. The fourth-order valence-corrected chi connectivity index (χ4v) is 4.02. The Kier molecular flexibility index (Phi) is 4.10. The summed E-state index contributed by atoms with van der Waals surface area (Å²) >= 11 is 0. The van der Waals surface area contributed by atoms with Crippen LogP contribution in [0, 0.1) is 11.6 Å². The SMILES string of the molecule is CC(C)(C)S(=O)(=O)N1C[C@@H](F)C[C@@H]1c1cc(F)ccc1F. The third kappa shape index (κ3) is 2.94. The number of alkyl halides is 1. The second-order valence-corrected chi connectivity index (χ2v) is 8.85. The predicted octanol–water partition coefficient (Wildman–Crippen LogP) is 3.18. The Balaban J connectivity index is 2.50. The first kappa shape index (κ1) is 16.3. The van der Waals surface area contributed by atoms with Crippen molar-refractivity contribution in [3.63, 3.8) is 0 Å². The van der Waals surface area contributed by atoms with Gasteiger partial charge in [0.05, 0.1) is 10.8 Å². The summed E-state index contributed by atoms with van der Waals surface area (Å²) in [4.78, 5) is 0. The van der Waals surface area contributed by atoms with Crippen molar-refractivity contribution in [3.05, 3.63) is 35.4 Å². The summed E-state index contributed by atoms with van der Waals surface area (Å²) in [5.41, 5.74) is -0.122. The van der Waals surface area contributed by atoms with Crippen LogP contribution in [0.3, 0.4) is 0 Å². The Hall–Kier alpha value is -1.08. The summed E-state index contributed by atoms with van der Waals surface area (Å²) in [6.07, 6.45) is -1.56. The van der Waals surface area contributed by atoms with E-state index in [1.165, 1.54) is 20.8 Å². The molecular formula is C14H18F3NO2S. The van der Waals surface area contributed by atoms with Gasteiger partial charge in [0.2, 0.25) is 10.0 Å². The molecule has 0 bridgehead atoms. The Morgan fingerprint density at radius 1 is 1.24 bits per heavy atom. The molecule has 3 nitrogen and oxygen atoms in total. The van der Waals surface area contributed by atoms with Crippen LogP contribution in [0.25, 0.3) is 0 Å². The van der Waals surface area contributed by atoms with Gasteiger partial charge in [0.15, 0.2) is 0 Å². The van der Waals surface area contributed by atoms with Gasteiger partial charge < -0.3 is 0 Å². The van der Waals surface area contributed by atoms with Gasteiger partial charge in [-0.05, 0) is 39.0 Å². The average molecular weight is 321 g/mol. The summed E-state index contributed by atoms with van der Waals surface area (Å²) in [5.74, 6) is -1.41. The van der Waals surface area contributed by atoms with E-state index in [0.717, 1.165) is 22.5 Å². The third-order valence-corrected chi connectivity index (χ3v) is 6.17. The largest absolute Gasteiger partial charge is 0.246 e. The van der Waals surface area contributed by atoms with E-state index in [1.54, 1.807) is 0 Å². The lowest BCUT2D eigenvalue weighted by atomic mass is 10.0. The summed E-state index contributed by atoms with van der Waals surface area (Å²) in [7, 11) is -3.83. The first-order valence-corrected chi connectivity index (χ1v) is 8.08. The lowest BCUT2D eigenvalue weighted by Gasteiger charge is -2.31. The van der Waals surface area contributed by atoms with E-state index in [9.17, 15) is 21.6 Å². The van der Waals surface area contributed by atoms with Crippen LogP contribution >= 0.6 is 0 Å². The van der Waals surface area contributed by atoms with E-state index in [-0.39, 0.29) is 18.5 Å². The van der Waals surface area contributed by atoms with Crippen LogP contribution in [-0.4, -0.2) is 30.2 Å². The number of hydrogen-bond acceptors (Lipinski definition) is 2. The lowest BCUT2D eigenvalue weighted by Crippen LogP contribution is -2.43. The van der Waals surface area contributed by atoms with Crippen LogP contribution in [0.1, 0.15) is 38.8 Å². The van der Waals surface area contributed by atoms with Crippen LogP contribution in [-0.2, 0) is 10.0 Å². The molecule has 0 spiro atoms. The van der Waals surface area contributed by atoms with Gasteiger partial charge in [-0.1, -0.05) is 0 Å². The number of halogens is 3. The second kappa shape index (κ2) is 5.28. The summed E-state index contributed by atoms with van der Waals surface area (Å²) in [6.45, 7) is 4.15. The molecule has 7 heteroatoms. The van der Waals surface area contributed by atoms with Crippen molar-refractivity contribution in [1.29, 1.82) is 0 Å². The molecular weight excluding hydrogens is 303 g/mol. The van der Waals surface area contributed by atoms with Crippen LogP contribution in [0.5, 0.6) is 0 Å². The topological polar surface area (TPSA) is 37.4 Å². The normalized spacial score (nSPS) is 24.5. The molecule has 0 unspecified atom stereocenters. The van der Waals surface area contributed by atoms with Gasteiger partial charge in [-0.2, -0.15) is 4.31 Å². The number of sulfonamides is 1. The zero-order chi connectivity index (χ0) is 16.0. The Bertz CT molecular complexity index is 640. The van der Waals surface area contributed by atoms with Gasteiger partial charge >= 0.3 is 0 Å². The molecule has 1 heterocycles. The maximum atomic E-state index is 13.9. The van der Waals surface area contributed by atoms with E-state index >= 15 is 0 Å². The van der Waals surface area contributed by atoms with Gasteiger partial charge in [-0.15, -0.1) is 0 Å². The molecule has 1 saturated heterocycles. The van der Waals surface area contributed by atoms with E-state index in [2.05, 4.69) is 0 Å². The molecule has 0 amide bonds. The number of benzene rings is 1. The Morgan fingerprint density at radius 3 is 2.43 bits per heavy atom. The monoisotopic (exact) mass is 321 g/mol. The van der Waals surface area contributed by atoms with Crippen molar-refractivity contribution in [2.75, 3.05) is 6.54 Å². The quantitative estimate of drug-likeness (QED) is 0.839. The lowest BCUT2D eigenvalue weighted by molar-refractivity contribution is 0.338. The fraction of sp³-hybridized carbons (Fsp3) is 0.571. The zero-order valence-electron chi connectivity index (χ0n) is 12.1. The minimum absolute atomic E-state index is 0.122. The highest BCUT2D eigenvalue weighted by Gasteiger charge is 2.46. The maximum Gasteiger partial charge on any atom is 0.219 e. The first-order chi connectivity index (χ1) is 9.54. The van der Waals surface area contributed by atoms with Gasteiger partial charge in [-0.25, -0.2) is 21.6 Å². The third-order valence-electron chi connectivity index (χ3n) is 3.60. The highest BCUT2D eigenvalue weighted by Crippen LogP contribution is 2.40. The highest BCUT2D eigenvalue weighted by atomic mass is 32.2. The molecule has 1 fully saturated rings. The van der Waals surface area contributed by atoms with Gasteiger partial charge in [0, 0.05) is 18.5 Å². The Morgan fingerprint density at radius 2 is 1.86 bits per heavy atom. The summed E-state index contributed by atoms with van der Waals surface area (Å²) < 4.78 is 65.8. The van der Waals surface area contributed by atoms with Crippen LogP contribution < -0.4 is 0 Å². The van der Waals surface area contributed by atoms with E-state index in [4.69, 9.17) is 0 Å².